The Labute approximate surface area is 155 Å². The van der Waals surface area contributed by atoms with Gasteiger partial charge in [-0.25, -0.2) is 4.98 Å². The topological polar surface area (TPSA) is 54.4 Å². The molecule has 0 amide bonds. The molecule has 1 fully saturated rings. The van der Waals surface area contributed by atoms with Crippen molar-refractivity contribution in [2.24, 2.45) is 0 Å². The van der Waals surface area contributed by atoms with Gasteiger partial charge in [-0.2, -0.15) is 5.10 Å². The Bertz CT molecular complexity index is 723. The van der Waals surface area contributed by atoms with Crippen LogP contribution < -0.4 is 9.64 Å². The first-order chi connectivity index (χ1) is 12.8. The van der Waals surface area contributed by atoms with Crippen LogP contribution in [0.1, 0.15) is 37.4 Å². The Balaban J connectivity index is 1.29. The van der Waals surface area contributed by atoms with Gasteiger partial charge in [-0.05, 0) is 50.4 Å². The highest BCUT2D eigenvalue weighted by Gasteiger charge is 2.20. The second-order valence-corrected chi connectivity index (χ2v) is 7.24. The highest BCUT2D eigenvalue weighted by molar-refractivity contribution is 5.42. The Kier molecular flexibility index (Phi) is 5.29. The van der Waals surface area contributed by atoms with Gasteiger partial charge in [0.1, 0.15) is 0 Å². The quantitative estimate of drug-likeness (QED) is 0.744. The second-order valence-electron chi connectivity index (χ2n) is 7.24. The maximum absolute atomic E-state index is 5.90. The average Bonchev–Trinajstić information content (AvgIpc) is 3.10. The van der Waals surface area contributed by atoms with Crippen LogP contribution >= 0.6 is 0 Å². The number of nitrogens with zero attached hydrogens (tertiary/aromatic N) is 5. The highest BCUT2D eigenvalue weighted by Crippen LogP contribution is 2.23. The van der Waals surface area contributed by atoms with E-state index in [4.69, 9.17) is 9.72 Å². The standard InChI is InChI=1S/C20H27N5O/c1-16-5-3-11-24(16)12-4-14-26-20-8-7-17-15-25(13-9-18(17)22-20)19-6-2-10-21-23-19/h2,6-8,10,16H,3-5,9,11-15H2,1H3/t16-/m1/s1. The number of ether oxygens (including phenoxy) is 1. The van der Waals surface area contributed by atoms with Gasteiger partial charge in [0, 0.05) is 44.4 Å². The van der Waals surface area contributed by atoms with E-state index in [2.05, 4.69) is 33.0 Å². The van der Waals surface area contributed by atoms with Crippen molar-refractivity contribution in [2.45, 2.75) is 45.2 Å². The Morgan fingerprint density at radius 2 is 2.19 bits per heavy atom. The van der Waals surface area contributed by atoms with Crippen molar-refractivity contribution in [2.75, 3.05) is 31.1 Å². The molecule has 4 rings (SSSR count). The van der Waals surface area contributed by atoms with Gasteiger partial charge in [0.25, 0.3) is 0 Å². The fourth-order valence-electron chi connectivity index (χ4n) is 3.90. The van der Waals surface area contributed by atoms with Gasteiger partial charge in [0.2, 0.25) is 5.88 Å². The number of aromatic nitrogens is 3. The molecule has 138 valence electrons. The fourth-order valence-corrected chi connectivity index (χ4v) is 3.90. The lowest BCUT2D eigenvalue weighted by molar-refractivity contribution is 0.226. The molecule has 4 heterocycles. The molecule has 2 aromatic rings. The molecule has 2 aliphatic rings. The van der Waals surface area contributed by atoms with Gasteiger partial charge in [0.15, 0.2) is 5.82 Å². The van der Waals surface area contributed by atoms with E-state index >= 15 is 0 Å². The van der Waals surface area contributed by atoms with Crippen molar-refractivity contribution in [3.63, 3.8) is 0 Å². The minimum absolute atomic E-state index is 0.731. The summed E-state index contributed by atoms with van der Waals surface area (Å²) in [6, 6.07) is 8.80. The van der Waals surface area contributed by atoms with Crippen molar-refractivity contribution in [1.29, 1.82) is 0 Å². The van der Waals surface area contributed by atoms with Gasteiger partial charge >= 0.3 is 0 Å². The summed E-state index contributed by atoms with van der Waals surface area (Å²) >= 11 is 0. The van der Waals surface area contributed by atoms with Crippen LogP contribution in [0.2, 0.25) is 0 Å². The molecule has 0 saturated carbocycles. The van der Waals surface area contributed by atoms with Crippen molar-refractivity contribution in [3.8, 4) is 5.88 Å². The second kappa shape index (κ2) is 7.99. The van der Waals surface area contributed by atoms with Crippen LogP contribution in [-0.2, 0) is 13.0 Å². The Morgan fingerprint density at radius 1 is 1.23 bits per heavy atom. The van der Waals surface area contributed by atoms with Gasteiger partial charge in [-0.1, -0.05) is 6.07 Å². The number of hydrogen-bond acceptors (Lipinski definition) is 6. The molecule has 1 saturated heterocycles. The summed E-state index contributed by atoms with van der Waals surface area (Å²) in [6.45, 7) is 7.16. The molecule has 6 nitrogen and oxygen atoms in total. The molecule has 1 atom stereocenters. The Hall–Kier alpha value is -2.21. The summed E-state index contributed by atoms with van der Waals surface area (Å²) in [6.07, 6.45) is 6.34. The van der Waals surface area contributed by atoms with E-state index in [9.17, 15) is 0 Å². The lowest BCUT2D eigenvalue weighted by Gasteiger charge is -2.28. The molecule has 0 bridgehead atoms. The maximum Gasteiger partial charge on any atom is 0.213 e. The number of anilines is 1. The van der Waals surface area contributed by atoms with Crippen LogP contribution in [0.3, 0.4) is 0 Å². The molecule has 2 aromatic heterocycles. The summed E-state index contributed by atoms with van der Waals surface area (Å²) in [5.41, 5.74) is 2.40. The van der Waals surface area contributed by atoms with Crippen LogP contribution in [0.5, 0.6) is 5.88 Å². The van der Waals surface area contributed by atoms with E-state index in [0.29, 0.717) is 0 Å². The molecule has 2 aliphatic heterocycles. The van der Waals surface area contributed by atoms with E-state index in [1.165, 1.54) is 24.9 Å². The van der Waals surface area contributed by atoms with Crippen LogP contribution in [0.25, 0.3) is 0 Å². The number of rotatable bonds is 6. The van der Waals surface area contributed by atoms with E-state index in [1.807, 2.05) is 18.2 Å². The lowest BCUT2D eigenvalue weighted by atomic mass is 10.1. The van der Waals surface area contributed by atoms with Crippen LogP contribution in [-0.4, -0.2) is 52.4 Å². The fraction of sp³-hybridized carbons (Fsp3) is 0.550. The third kappa shape index (κ3) is 3.96. The zero-order valence-corrected chi connectivity index (χ0v) is 15.5. The van der Waals surface area contributed by atoms with Gasteiger partial charge < -0.3 is 14.5 Å². The normalized spacial score (nSPS) is 20.2. The van der Waals surface area contributed by atoms with Gasteiger partial charge in [0.05, 0.1) is 12.3 Å². The van der Waals surface area contributed by atoms with Crippen molar-refractivity contribution in [3.05, 3.63) is 41.7 Å². The largest absolute Gasteiger partial charge is 0.478 e. The zero-order chi connectivity index (χ0) is 17.8. The van der Waals surface area contributed by atoms with Crippen molar-refractivity contribution >= 4 is 5.82 Å². The third-order valence-corrected chi connectivity index (χ3v) is 5.44. The zero-order valence-electron chi connectivity index (χ0n) is 15.5. The molecule has 0 aromatic carbocycles. The lowest BCUT2D eigenvalue weighted by Crippen LogP contribution is -2.31. The van der Waals surface area contributed by atoms with Crippen molar-refractivity contribution < 1.29 is 4.74 Å². The number of likely N-dealkylation sites (tertiary alicyclic amines) is 1. The summed E-state index contributed by atoms with van der Waals surface area (Å²) in [7, 11) is 0. The summed E-state index contributed by atoms with van der Waals surface area (Å²) in [4.78, 5) is 9.53. The molecule has 6 heteroatoms. The first kappa shape index (κ1) is 17.2. The number of pyridine rings is 1. The first-order valence-electron chi connectivity index (χ1n) is 9.68. The predicted octanol–water partition coefficient (Wildman–Crippen LogP) is 2.69. The minimum Gasteiger partial charge on any atom is -0.478 e. The summed E-state index contributed by atoms with van der Waals surface area (Å²) < 4.78 is 5.90. The third-order valence-electron chi connectivity index (χ3n) is 5.44. The molecule has 0 N–H and O–H groups in total. The maximum atomic E-state index is 5.90. The van der Waals surface area contributed by atoms with E-state index < -0.39 is 0 Å². The number of fused-ring (bicyclic) bond motifs is 1. The highest BCUT2D eigenvalue weighted by atomic mass is 16.5. The molecular weight excluding hydrogens is 326 g/mol. The van der Waals surface area contributed by atoms with E-state index in [0.717, 1.165) is 62.5 Å². The monoisotopic (exact) mass is 353 g/mol. The molecule has 0 radical (unpaired) electrons. The molecule has 0 spiro atoms. The van der Waals surface area contributed by atoms with Gasteiger partial charge in [-0.3, -0.25) is 0 Å². The molecule has 0 unspecified atom stereocenters. The SMILES string of the molecule is C[C@@H]1CCCN1CCCOc1ccc2c(n1)CCN(c1cccnn1)C2. The smallest absolute Gasteiger partial charge is 0.213 e. The molecule has 26 heavy (non-hydrogen) atoms. The van der Waals surface area contributed by atoms with Crippen LogP contribution in [0.4, 0.5) is 5.82 Å². The van der Waals surface area contributed by atoms with Crippen LogP contribution in [0, 0.1) is 0 Å². The first-order valence-corrected chi connectivity index (χ1v) is 9.68. The van der Waals surface area contributed by atoms with Crippen LogP contribution in [0.15, 0.2) is 30.5 Å². The van der Waals surface area contributed by atoms with Gasteiger partial charge in [-0.15, -0.1) is 5.10 Å². The molecular formula is C20H27N5O. The summed E-state index contributed by atoms with van der Waals surface area (Å²) in [5.74, 6) is 1.68. The van der Waals surface area contributed by atoms with E-state index in [-0.39, 0.29) is 0 Å². The minimum atomic E-state index is 0.731. The average molecular weight is 353 g/mol. The molecule has 0 aliphatic carbocycles. The van der Waals surface area contributed by atoms with E-state index in [1.54, 1.807) is 6.20 Å². The summed E-state index contributed by atoms with van der Waals surface area (Å²) in [5, 5.41) is 8.18. The van der Waals surface area contributed by atoms with Crippen molar-refractivity contribution in [1.82, 2.24) is 20.1 Å². The number of hydrogen-bond donors (Lipinski definition) is 0. The Morgan fingerprint density at radius 3 is 3.00 bits per heavy atom. The predicted molar refractivity (Wildman–Crippen MR) is 101 cm³/mol.